The number of carbonyl (C=O) groups excluding carboxylic acids is 1. The van der Waals surface area contributed by atoms with Gasteiger partial charge in [0.1, 0.15) is 0 Å². The summed E-state index contributed by atoms with van der Waals surface area (Å²) in [7, 11) is 4.03. The number of carbonyl (C=O) groups is 1. The molecule has 3 rings (SSSR count). The van der Waals surface area contributed by atoms with Crippen molar-refractivity contribution in [3.63, 3.8) is 0 Å². The van der Waals surface area contributed by atoms with Crippen molar-refractivity contribution in [3.05, 3.63) is 36.0 Å². The number of amides is 1. The maximum Gasteiger partial charge on any atom is 0.253 e. The molecule has 1 amide bonds. The number of benzene rings is 1. The number of likely N-dealkylation sites (N-methyl/N-ethyl adjacent to an activating group) is 1. The normalized spacial score (nSPS) is 16.0. The average Bonchev–Trinajstić information content (AvgIpc) is 2.94. The maximum absolute atomic E-state index is 12.6. The Bertz CT molecular complexity index is 683. The Morgan fingerprint density at radius 1 is 1.21 bits per heavy atom. The van der Waals surface area contributed by atoms with Crippen LogP contribution < -0.4 is 5.32 Å². The van der Waals surface area contributed by atoms with Crippen molar-refractivity contribution in [1.82, 2.24) is 14.8 Å². The quantitative estimate of drug-likeness (QED) is 0.881. The van der Waals surface area contributed by atoms with Crippen LogP contribution in [-0.4, -0.2) is 42.6 Å². The van der Waals surface area contributed by atoms with E-state index in [4.69, 9.17) is 0 Å². The summed E-state index contributed by atoms with van der Waals surface area (Å²) in [5.41, 5.74) is 1.99. The highest BCUT2D eigenvalue weighted by Crippen LogP contribution is 2.28. The second kappa shape index (κ2) is 7.84. The van der Waals surface area contributed by atoms with Crippen molar-refractivity contribution in [1.29, 1.82) is 0 Å². The van der Waals surface area contributed by atoms with E-state index >= 15 is 0 Å². The molecule has 1 aromatic carbocycles. The fraction of sp³-hybridized carbons (Fsp3) is 0.550. The molecule has 24 heavy (non-hydrogen) atoms. The van der Waals surface area contributed by atoms with Crippen molar-refractivity contribution in [3.8, 4) is 0 Å². The third-order valence-electron chi connectivity index (χ3n) is 5.06. The molecule has 130 valence electrons. The zero-order valence-corrected chi connectivity index (χ0v) is 14.9. The highest BCUT2D eigenvalue weighted by atomic mass is 16.1. The van der Waals surface area contributed by atoms with E-state index in [1.807, 2.05) is 20.2 Å². The van der Waals surface area contributed by atoms with Gasteiger partial charge in [-0.1, -0.05) is 37.5 Å². The van der Waals surface area contributed by atoms with Gasteiger partial charge in [-0.2, -0.15) is 0 Å². The van der Waals surface area contributed by atoms with Gasteiger partial charge in [-0.15, -0.1) is 0 Å². The highest BCUT2D eigenvalue weighted by Gasteiger charge is 2.18. The zero-order valence-electron chi connectivity index (χ0n) is 14.9. The van der Waals surface area contributed by atoms with Crippen molar-refractivity contribution in [2.24, 2.45) is 5.92 Å². The second-order valence-corrected chi connectivity index (χ2v) is 7.28. The van der Waals surface area contributed by atoms with Crippen LogP contribution >= 0.6 is 0 Å². The predicted molar refractivity (Wildman–Crippen MR) is 99.4 cm³/mol. The number of fused-ring (bicyclic) bond motifs is 1. The minimum Gasteiger partial charge on any atom is -0.351 e. The van der Waals surface area contributed by atoms with Gasteiger partial charge in [-0.3, -0.25) is 4.79 Å². The minimum atomic E-state index is 0.0374. The molecule has 1 heterocycles. The van der Waals surface area contributed by atoms with E-state index in [1.54, 1.807) is 0 Å². The van der Waals surface area contributed by atoms with Crippen molar-refractivity contribution in [2.45, 2.75) is 38.6 Å². The molecular formula is C20H29N3O. The van der Waals surface area contributed by atoms with Crippen LogP contribution in [0.25, 0.3) is 10.9 Å². The van der Waals surface area contributed by atoms with Crippen molar-refractivity contribution in [2.75, 3.05) is 27.2 Å². The van der Waals surface area contributed by atoms with Gasteiger partial charge < -0.3 is 14.8 Å². The molecule has 0 atom stereocenters. The minimum absolute atomic E-state index is 0.0374. The average molecular weight is 327 g/mol. The predicted octanol–water partition coefficient (Wildman–Crippen LogP) is 3.51. The molecule has 0 bridgehead atoms. The van der Waals surface area contributed by atoms with Gasteiger partial charge in [0, 0.05) is 36.7 Å². The molecule has 0 radical (unpaired) electrons. The molecule has 0 saturated heterocycles. The van der Waals surface area contributed by atoms with Crippen LogP contribution in [0.15, 0.2) is 30.5 Å². The molecule has 1 saturated carbocycles. The fourth-order valence-electron chi connectivity index (χ4n) is 3.71. The molecule has 4 heteroatoms. The lowest BCUT2D eigenvalue weighted by Crippen LogP contribution is -2.31. The SMILES string of the molecule is CN(C)CCNC(=O)c1cn(CC2CCCCC2)c2ccccc12. The molecule has 1 N–H and O–H groups in total. The Kier molecular flexibility index (Phi) is 5.56. The van der Waals surface area contributed by atoms with Gasteiger partial charge in [-0.05, 0) is 38.9 Å². The Morgan fingerprint density at radius 2 is 1.96 bits per heavy atom. The lowest BCUT2D eigenvalue weighted by Gasteiger charge is -2.22. The van der Waals surface area contributed by atoms with Gasteiger partial charge in [0.05, 0.1) is 5.56 Å². The standard InChI is InChI=1S/C20H29N3O/c1-22(2)13-12-21-20(24)18-15-23(14-16-8-4-3-5-9-16)19-11-7-6-10-17(18)19/h6-7,10-11,15-16H,3-5,8-9,12-14H2,1-2H3,(H,21,24). The molecule has 4 nitrogen and oxygen atoms in total. The van der Waals surface area contributed by atoms with Gasteiger partial charge in [0.15, 0.2) is 0 Å². The van der Waals surface area contributed by atoms with Gasteiger partial charge in [-0.25, -0.2) is 0 Å². The van der Waals surface area contributed by atoms with E-state index in [0.717, 1.165) is 30.0 Å². The maximum atomic E-state index is 12.6. The summed E-state index contributed by atoms with van der Waals surface area (Å²) in [5.74, 6) is 0.787. The smallest absolute Gasteiger partial charge is 0.253 e. The summed E-state index contributed by atoms with van der Waals surface area (Å²) in [5, 5.41) is 4.11. The fourth-order valence-corrected chi connectivity index (χ4v) is 3.71. The van der Waals surface area contributed by atoms with E-state index in [1.165, 1.54) is 37.6 Å². The molecule has 0 spiro atoms. The highest BCUT2D eigenvalue weighted by molar-refractivity contribution is 6.07. The topological polar surface area (TPSA) is 37.3 Å². The lowest BCUT2D eigenvalue weighted by molar-refractivity contribution is 0.0952. The Morgan fingerprint density at radius 3 is 2.71 bits per heavy atom. The molecule has 1 aliphatic rings. The van der Waals surface area contributed by atoms with Gasteiger partial charge in [0.2, 0.25) is 0 Å². The molecule has 0 unspecified atom stereocenters. The molecule has 1 aliphatic carbocycles. The summed E-state index contributed by atoms with van der Waals surface area (Å²) in [6, 6.07) is 8.28. The number of rotatable bonds is 6. The molecular weight excluding hydrogens is 298 g/mol. The van der Waals surface area contributed by atoms with Crippen LogP contribution in [0.4, 0.5) is 0 Å². The monoisotopic (exact) mass is 327 g/mol. The first-order valence-electron chi connectivity index (χ1n) is 9.16. The van der Waals surface area contributed by atoms with E-state index < -0.39 is 0 Å². The summed E-state index contributed by atoms with van der Waals surface area (Å²) < 4.78 is 2.30. The van der Waals surface area contributed by atoms with E-state index in [-0.39, 0.29) is 5.91 Å². The number of para-hydroxylation sites is 1. The molecule has 1 fully saturated rings. The number of aromatic nitrogens is 1. The number of hydrogen-bond donors (Lipinski definition) is 1. The Hall–Kier alpha value is -1.81. The Labute approximate surface area is 144 Å². The van der Waals surface area contributed by atoms with Crippen LogP contribution in [0.2, 0.25) is 0 Å². The first-order chi connectivity index (χ1) is 11.6. The summed E-state index contributed by atoms with van der Waals surface area (Å²) in [6.07, 6.45) is 8.77. The van der Waals surface area contributed by atoms with Crippen LogP contribution in [0.5, 0.6) is 0 Å². The van der Waals surface area contributed by atoms with Crippen LogP contribution in [-0.2, 0) is 6.54 Å². The zero-order chi connectivity index (χ0) is 16.9. The van der Waals surface area contributed by atoms with Crippen molar-refractivity contribution < 1.29 is 4.79 Å². The van der Waals surface area contributed by atoms with Gasteiger partial charge >= 0.3 is 0 Å². The van der Waals surface area contributed by atoms with E-state index in [2.05, 4.69) is 39.2 Å². The number of nitrogens with one attached hydrogen (secondary N) is 1. The summed E-state index contributed by atoms with van der Waals surface area (Å²) >= 11 is 0. The first kappa shape index (κ1) is 17.0. The van der Waals surface area contributed by atoms with E-state index in [9.17, 15) is 4.79 Å². The Balaban J connectivity index is 1.79. The molecule has 0 aliphatic heterocycles. The summed E-state index contributed by atoms with van der Waals surface area (Å²) in [6.45, 7) is 2.56. The van der Waals surface area contributed by atoms with E-state index in [0.29, 0.717) is 6.54 Å². The molecule has 1 aromatic heterocycles. The first-order valence-corrected chi connectivity index (χ1v) is 9.16. The van der Waals surface area contributed by atoms with Gasteiger partial charge in [0.25, 0.3) is 5.91 Å². The second-order valence-electron chi connectivity index (χ2n) is 7.28. The summed E-state index contributed by atoms with van der Waals surface area (Å²) in [4.78, 5) is 14.7. The van der Waals surface area contributed by atoms with Crippen LogP contribution in [0, 0.1) is 5.92 Å². The van der Waals surface area contributed by atoms with Crippen molar-refractivity contribution >= 4 is 16.8 Å². The van der Waals surface area contributed by atoms with Crippen LogP contribution in [0.3, 0.4) is 0 Å². The van der Waals surface area contributed by atoms with Crippen LogP contribution in [0.1, 0.15) is 42.5 Å². The number of hydrogen-bond acceptors (Lipinski definition) is 2. The molecule has 2 aromatic rings. The third kappa shape index (κ3) is 3.99. The number of nitrogens with zero attached hydrogens (tertiary/aromatic N) is 2. The third-order valence-corrected chi connectivity index (χ3v) is 5.06. The largest absolute Gasteiger partial charge is 0.351 e. The lowest BCUT2D eigenvalue weighted by atomic mass is 9.89.